The molecule has 12 heteroatoms. The van der Waals surface area contributed by atoms with Crippen LogP contribution in [0.3, 0.4) is 0 Å². The van der Waals surface area contributed by atoms with Crippen LogP contribution >= 0.6 is 11.3 Å². The molecule has 0 aliphatic carbocycles. The van der Waals surface area contributed by atoms with E-state index >= 15 is 0 Å². The molecule has 3 heterocycles. The summed E-state index contributed by atoms with van der Waals surface area (Å²) in [6.45, 7) is 1.46. The van der Waals surface area contributed by atoms with Gasteiger partial charge in [-0.15, -0.1) is 11.3 Å². The van der Waals surface area contributed by atoms with E-state index in [0.717, 1.165) is 0 Å². The molecule has 0 radical (unpaired) electrons. The van der Waals surface area contributed by atoms with E-state index in [9.17, 15) is 9.59 Å². The molecule has 162 valence electrons. The number of hydrogen-bond acceptors (Lipinski definition) is 9. The molecule has 0 atom stereocenters. The summed E-state index contributed by atoms with van der Waals surface area (Å²) in [5.74, 6) is -0.168. The van der Waals surface area contributed by atoms with Crippen molar-refractivity contribution in [1.82, 2.24) is 25.2 Å². The van der Waals surface area contributed by atoms with E-state index in [0.29, 0.717) is 44.2 Å². The zero-order valence-electron chi connectivity index (χ0n) is 16.5. The van der Waals surface area contributed by atoms with Gasteiger partial charge in [0, 0.05) is 50.7 Å². The molecule has 2 amide bonds. The van der Waals surface area contributed by atoms with Gasteiger partial charge in [-0.3, -0.25) is 14.4 Å². The standard InChI is InChI=1S/C17H22N6O3S.CH2O2/c1-26-11-7-20-15(25)17(22-16-21-8-12-27-16)3-9-23(10-4-17)14(24)13-18-5-2-6-19-13;2-1-3/h2,5-6,8,12H,3-4,7,9-11H2,1H3,(H,20,25)(H,21,22);1H,(H,2,3). The zero-order valence-corrected chi connectivity index (χ0v) is 17.3. The number of nitrogens with zero attached hydrogens (tertiary/aromatic N) is 4. The molecule has 3 rings (SSSR count). The number of piperidine rings is 1. The van der Waals surface area contributed by atoms with Crippen molar-refractivity contribution >= 4 is 34.8 Å². The summed E-state index contributed by atoms with van der Waals surface area (Å²) in [4.78, 5) is 47.8. The highest BCUT2D eigenvalue weighted by atomic mass is 32.1. The Morgan fingerprint density at radius 1 is 1.27 bits per heavy atom. The minimum absolute atomic E-state index is 0.113. The number of nitrogens with one attached hydrogen (secondary N) is 2. The third-order valence-corrected chi connectivity index (χ3v) is 5.15. The largest absolute Gasteiger partial charge is 0.483 e. The lowest BCUT2D eigenvalue weighted by atomic mass is 9.86. The van der Waals surface area contributed by atoms with Gasteiger partial charge in [0.05, 0.1) is 6.61 Å². The molecule has 3 N–H and O–H groups in total. The number of rotatable bonds is 7. The van der Waals surface area contributed by atoms with Crippen LogP contribution in [0.2, 0.25) is 0 Å². The Kier molecular flexibility index (Phi) is 9.09. The third-order valence-electron chi connectivity index (χ3n) is 4.47. The first-order valence-corrected chi connectivity index (χ1v) is 10.0. The summed E-state index contributed by atoms with van der Waals surface area (Å²) in [6, 6.07) is 1.67. The van der Waals surface area contributed by atoms with Gasteiger partial charge < -0.3 is 25.4 Å². The Balaban J connectivity index is 0.00000101. The van der Waals surface area contributed by atoms with Gasteiger partial charge in [0.2, 0.25) is 11.7 Å². The molecule has 11 nitrogen and oxygen atoms in total. The fraction of sp³-hybridized carbons (Fsp3) is 0.444. The number of thiazole rings is 1. The first-order chi connectivity index (χ1) is 14.6. The molecule has 0 spiro atoms. The minimum Gasteiger partial charge on any atom is -0.483 e. The predicted octanol–water partition coefficient (Wildman–Crippen LogP) is 0.483. The van der Waals surface area contributed by atoms with Crippen LogP contribution in [0.4, 0.5) is 5.13 Å². The Labute approximate surface area is 177 Å². The van der Waals surface area contributed by atoms with Crippen molar-refractivity contribution in [2.24, 2.45) is 0 Å². The van der Waals surface area contributed by atoms with Crippen molar-refractivity contribution in [3.63, 3.8) is 0 Å². The number of aromatic nitrogens is 3. The number of carbonyl (C=O) groups is 3. The molecule has 2 aromatic rings. The van der Waals surface area contributed by atoms with Gasteiger partial charge in [0.25, 0.3) is 12.4 Å². The van der Waals surface area contributed by atoms with Crippen molar-refractivity contribution in [3.05, 3.63) is 35.9 Å². The highest BCUT2D eigenvalue weighted by Crippen LogP contribution is 2.29. The maximum Gasteiger partial charge on any atom is 0.291 e. The molecule has 30 heavy (non-hydrogen) atoms. The monoisotopic (exact) mass is 436 g/mol. The lowest BCUT2D eigenvalue weighted by molar-refractivity contribution is -0.127. The van der Waals surface area contributed by atoms with E-state index in [1.807, 2.05) is 5.38 Å². The summed E-state index contributed by atoms with van der Waals surface area (Å²) >= 11 is 1.44. The second kappa shape index (κ2) is 11.8. The molecule has 1 fully saturated rings. The van der Waals surface area contributed by atoms with E-state index in [-0.39, 0.29) is 24.1 Å². The Morgan fingerprint density at radius 2 is 1.93 bits per heavy atom. The van der Waals surface area contributed by atoms with Gasteiger partial charge in [0.15, 0.2) is 5.13 Å². The Morgan fingerprint density at radius 3 is 2.50 bits per heavy atom. The second-order valence-corrected chi connectivity index (χ2v) is 7.16. The minimum atomic E-state index is -0.820. The molecular formula is C18H24N6O5S. The highest BCUT2D eigenvalue weighted by Gasteiger charge is 2.43. The van der Waals surface area contributed by atoms with Gasteiger partial charge in [-0.1, -0.05) is 0 Å². The van der Waals surface area contributed by atoms with Crippen LogP contribution in [0.5, 0.6) is 0 Å². The van der Waals surface area contributed by atoms with Crippen LogP contribution in [0, 0.1) is 0 Å². The van der Waals surface area contributed by atoms with Crippen LogP contribution in [-0.4, -0.2) is 82.1 Å². The summed E-state index contributed by atoms with van der Waals surface area (Å²) in [5.41, 5.74) is -0.820. The number of carboxylic acid groups (broad SMARTS) is 1. The van der Waals surface area contributed by atoms with Crippen molar-refractivity contribution in [2.75, 3.05) is 38.7 Å². The fourth-order valence-corrected chi connectivity index (χ4v) is 3.60. The zero-order chi connectivity index (χ0) is 21.8. The van der Waals surface area contributed by atoms with Gasteiger partial charge in [-0.25, -0.2) is 15.0 Å². The Bertz CT molecular complexity index is 797. The molecule has 1 saturated heterocycles. The molecule has 0 saturated carbocycles. The number of likely N-dealkylation sites (tertiary alicyclic amines) is 1. The van der Waals surface area contributed by atoms with Crippen LogP contribution in [-0.2, 0) is 14.3 Å². The van der Waals surface area contributed by atoms with Gasteiger partial charge in [-0.05, 0) is 18.9 Å². The van der Waals surface area contributed by atoms with Gasteiger partial charge in [-0.2, -0.15) is 0 Å². The second-order valence-electron chi connectivity index (χ2n) is 6.26. The van der Waals surface area contributed by atoms with E-state index < -0.39 is 5.54 Å². The molecule has 2 aromatic heterocycles. The average Bonchev–Trinajstić information content (AvgIpc) is 3.28. The number of ether oxygens (including phenoxy) is 1. The first kappa shape index (κ1) is 23.2. The topological polar surface area (TPSA) is 147 Å². The van der Waals surface area contributed by atoms with E-state index in [4.69, 9.17) is 14.6 Å². The normalized spacial score (nSPS) is 14.8. The number of amides is 2. The maximum absolute atomic E-state index is 12.9. The van der Waals surface area contributed by atoms with Crippen molar-refractivity contribution in [1.29, 1.82) is 0 Å². The molecule has 1 aliphatic heterocycles. The first-order valence-electron chi connectivity index (χ1n) is 9.15. The lowest BCUT2D eigenvalue weighted by Crippen LogP contribution is -2.59. The van der Waals surface area contributed by atoms with E-state index in [2.05, 4.69) is 25.6 Å². The number of methoxy groups -OCH3 is 1. The molecule has 0 aromatic carbocycles. The van der Waals surface area contributed by atoms with Gasteiger partial charge in [0.1, 0.15) is 5.54 Å². The summed E-state index contributed by atoms with van der Waals surface area (Å²) < 4.78 is 5.00. The molecule has 0 unspecified atom stereocenters. The summed E-state index contributed by atoms with van der Waals surface area (Å²) in [6.07, 6.45) is 5.70. The molecular weight excluding hydrogens is 412 g/mol. The van der Waals surface area contributed by atoms with Crippen molar-refractivity contribution in [2.45, 2.75) is 18.4 Å². The fourth-order valence-electron chi connectivity index (χ4n) is 2.98. The summed E-state index contributed by atoms with van der Waals surface area (Å²) in [5, 5.41) is 15.6. The van der Waals surface area contributed by atoms with Crippen molar-refractivity contribution in [3.8, 4) is 0 Å². The quantitative estimate of drug-likeness (QED) is 0.416. The van der Waals surface area contributed by atoms with Gasteiger partial charge >= 0.3 is 0 Å². The van der Waals surface area contributed by atoms with E-state index in [1.54, 1.807) is 36.7 Å². The SMILES string of the molecule is COCCNC(=O)C1(Nc2nccs2)CCN(C(=O)c2ncccn2)CC1.O=CO. The lowest BCUT2D eigenvalue weighted by Gasteiger charge is -2.40. The highest BCUT2D eigenvalue weighted by molar-refractivity contribution is 7.13. The average molecular weight is 436 g/mol. The van der Waals surface area contributed by atoms with Crippen molar-refractivity contribution < 1.29 is 24.2 Å². The molecule has 0 bridgehead atoms. The maximum atomic E-state index is 12.9. The Hall–Kier alpha value is -3.12. The number of carbonyl (C=O) groups excluding carboxylic acids is 2. The van der Waals surface area contributed by atoms with Crippen LogP contribution in [0.15, 0.2) is 30.0 Å². The smallest absolute Gasteiger partial charge is 0.291 e. The molecule has 1 aliphatic rings. The van der Waals surface area contributed by atoms with Crippen LogP contribution in [0.25, 0.3) is 0 Å². The number of hydrogen-bond donors (Lipinski definition) is 3. The van der Waals surface area contributed by atoms with Crippen LogP contribution in [0.1, 0.15) is 23.5 Å². The summed E-state index contributed by atoms with van der Waals surface area (Å²) in [7, 11) is 1.59. The number of anilines is 1. The third kappa shape index (κ3) is 6.19. The predicted molar refractivity (Wildman–Crippen MR) is 109 cm³/mol. The van der Waals surface area contributed by atoms with E-state index in [1.165, 1.54) is 11.3 Å². The van der Waals surface area contributed by atoms with Crippen LogP contribution < -0.4 is 10.6 Å².